The zero-order valence-electron chi connectivity index (χ0n) is 12.5. The Kier molecular flexibility index (Phi) is 5.42. The van der Waals surface area contributed by atoms with E-state index in [0.29, 0.717) is 12.0 Å². The third kappa shape index (κ3) is 3.33. The third-order valence-corrected chi connectivity index (χ3v) is 5.32. The highest BCUT2D eigenvalue weighted by Crippen LogP contribution is 2.36. The summed E-state index contributed by atoms with van der Waals surface area (Å²) in [5.74, 6) is 0.599. The van der Waals surface area contributed by atoms with Gasteiger partial charge in [-0.3, -0.25) is 0 Å². The first-order valence-electron chi connectivity index (χ1n) is 7.12. The molecule has 2 aromatic rings. The quantitative estimate of drug-likeness (QED) is 0.732. The molecule has 0 fully saturated rings. The number of nitrogens with one attached hydrogen (secondary N) is 1. The van der Waals surface area contributed by atoms with Gasteiger partial charge in [0.15, 0.2) is 0 Å². The fraction of sp³-hybridized carbons (Fsp3) is 0.412. The van der Waals surface area contributed by atoms with Crippen LogP contribution >= 0.6 is 27.3 Å². The second-order valence-corrected chi connectivity index (χ2v) is 7.40. The van der Waals surface area contributed by atoms with E-state index in [2.05, 4.69) is 72.3 Å². The summed E-state index contributed by atoms with van der Waals surface area (Å²) < 4.78 is 1.16. The van der Waals surface area contributed by atoms with Crippen LogP contribution < -0.4 is 5.32 Å². The van der Waals surface area contributed by atoms with Gasteiger partial charge in [0, 0.05) is 20.3 Å². The fourth-order valence-electron chi connectivity index (χ4n) is 2.56. The molecule has 1 N–H and O–H groups in total. The average Bonchev–Trinajstić information content (AvgIpc) is 2.88. The van der Waals surface area contributed by atoms with E-state index >= 15 is 0 Å². The summed E-state index contributed by atoms with van der Waals surface area (Å²) in [6.07, 6.45) is 1.06. The first-order valence-corrected chi connectivity index (χ1v) is 8.73. The monoisotopic (exact) mass is 351 g/mol. The summed E-state index contributed by atoms with van der Waals surface area (Å²) in [6.45, 7) is 6.74. The van der Waals surface area contributed by atoms with E-state index < -0.39 is 0 Å². The predicted molar refractivity (Wildman–Crippen MR) is 93.5 cm³/mol. The van der Waals surface area contributed by atoms with Crippen LogP contribution in [0.5, 0.6) is 0 Å². The normalized spacial score (nSPS) is 12.9. The minimum atomic E-state index is 0.439. The summed E-state index contributed by atoms with van der Waals surface area (Å²) in [5.41, 5.74) is 2.77. The molecule has 0 amide bonds. The van der Waals surface area contributed by atoms with E-state index in [1.807, 2.05) is 18.4 Å². The molecule has 20 heavy (non-hydrogen) atoms. The zero-order chi connectivity index (χ0) is 14.7. The molecule has 1 aromatic heterocycles. The van der Waals surface area contributed by atoms with Crippen molar-refractivity contribution in [2.45, 2.75) is 33.2 Å². The molecular weight excluding hydrogens is 330 g/mol. The lowest BCUT2D eigenvalue weighted by molar-refractivity contribution is 0.449. The number of rotatable bonds is 5. The molecule has 108 valence electrons. The number of hydrogen-bond donors (Lipinski definition) is 1. The molecule has 1 heterocycles. The summed E-state index contributed by atoms with van der Waals surface area (Å²) >= 11 is 5.47. The molecule has 1 nitrogen and oxygen atoms in total. The van der Waals surface area contributed by atoms with Crippen LogP contribution in [-0.2, 0) is 6.42 Å². The van der Waals surface area contributed by atoms with E-state index in [-0.39, 0.29) is 0 Å². The molecule has 0 radical (unpaired) electrons. The maximum absolute atomic E-state index is 3.56. The van der Waals surface area contributed by atoms with Crippen LogP contribution in [0.4, 0.5) is 0 Å². The average molecular weight is 352 g/mol. The smallest absolute Gasteiger partial charge is 0.0435 e. The molecule has 0 bridgehead atoms. The van der Waals surface area contributed by atoms with Crippen LogP contribution in [0.25, 0.3) is 10.4 Å². The van der Waals surface area contributed by atoms with E-state index in [0.717, 1.165) is 10.9 Å². The van der Waals surface area contributed by atoms with Gasteiger partial charge in [-0.2, -0.15) is 0 Å². The molecule has 0 aliphatic heterocycles. The molecule has 0 spiro atoms. The minimum absolute atomic E-state index is 0.439. The Morgan fingerprint density at radius 3 is 2.55 bits per heavy atom. The Morgan fingerprint density at radius 1 is 1.20 bits per heavy atom. The maximum atomic E-state index is 3.56. The van der Waals surface area contributed by atoms with Gasteiger partial charge in [-0.25, -0.2) is 0 Å². The Balaban J connectivity index is 2.38. The van der Waals surface area contributed by atoms with E-state index in [4.69, 9.17) is 0 Å². The first-order chi connectivity index (χ1) is 9.56. The van der Waals surface area contributed by atoms with Crippen molar-refractivity contribution in [3.63, 3.8) is 0 Å². The summed E-state index contributed by atoms with van der Waals surface area (Å²) in [6, 6.07) is 11.5. The van der Waals surface area contributed by atoms with E-state index in [1.165, 1.54) is 20.9 Å². The Bertz CT molecular complexity index is 574. The number of hydrogen-bond acceptors (Lipinski definition) is 2. The fourth-order valence-corrected chi connectivity index (χ4v) is 4.32. The van der Waals surface area contributed by atoms with Crippen LogP contribution in [-0.4, -0.2) is 7.05 Å². The largest absolute Gasteiger partial charge is 0.312 e. The molecule has 0 aliphatic carbocycles. The lowest BCUT2D eigenvalue weighted by atomic mass is 10.0. The van der Waals surface area contributed by atoms with E-state index in [1.54, 1.807) is 0 Å². The number of halogens is 1. The number of thiophene rings is 1. The minimum Gasteiger partial charge on any atom is -0.312 e. The number of aryl methyl sites for hydroxylation is 1. The van der Waals surface area contributed by atoms with Crippen molar-refractivity contribution in [3.05, 3.63) is 45.2 Å². The lowest BCUT2D eigenvalue weighted by Crippen LogP contribution is -2.20. The Labute approximate surface area is 134 Å². The van der Waals surface area contributed by atoms with Crippen molar-refractivity contribution in [3.8, 4) is 10.4 Å². The van der Waals surface area contributed by atoms with Crippen LogP contribution in [0, 0.1) is 5.92 Å². The van der Waals surface area contributed by atoms with Gasteiger partial charge >= 0.3 is 0 Å². The Hall–Kier alpha value is -0.640. The van der Waals surface area contributed by atoms with Crippen LogP contribution in [0.2, 0.25) is 0 Å². The highest BCUT2D eigenvalue weighted by atomic mass is 79.9. The second kappa shape index (κ2) is 6.88. The van der Waals surface area contributed by atoms with Crippen LogP contribution in [0.1, 0.15) is 37.3 Å². The summed E-state index contributed by atoms with van der Waals surface area (Å²) in [5, 5.41) is 3.42. The van der Waals surface area contributed by atoms with Gasteiger partial charge in [0.25, 0.3) is 0 Å². The van der Waals surface area contributed by atoms with Crippen molar-refractivity contribution in [1.82, 2.24) is 5.32 Å². The molecule has 1 unspecified atom stereocenters. The Morgan fingerprint density at radius 2 is 1.95 bits per heavy atom. The van der Waals surface area contributed by atoms with Crippen molar-refractivity contribution in [2.75, 3.05) is 7.05 Å². The standard InChI is InChI=1S/C17H22BrNS/c1-5-12-10-13(18)6-7-14(12)15-8-9-16(20-15)17(19-4)11(2)3/h6-11,17,19H,5H2,1-4H3. The highest BCUT2D eigenvalue weighted by molar-refractivity contribution is 9.10. The molecule has 0 saturated carbocycles. The summed E-state index contributed by atoms with van der Waals surface area (Å²) in [4.78, 5) is 2.78. The predicted octanol–water partition coefficient (Wildman–Crippen LogP) is 5.66. The number of benzene rings is 1. The molecule has 3 heteroatoms. The van der Waals surface area contributed by atoms with Gasteiger partial charge in [0.1, 0.15) is 0 Å². The molecule has 2 rings (SSSR count). The molecule has 0 aliphatic rings. The third-order valence-electron chi connectivity index (χ3n) is 3.62. The van der Waals surface area contributed by atoms with Crippen molar-refractivity contribution < 1.29 is 0 Å². The van der Waals surface area contributed by atoms with Crippen LogP contribution in [0.15, 0.2) is 34.8 Å². The lowest BCUT2D eigenvalue weighted by Gasteiger charge is -2.18. The molecule has 0 saturated heterocycles. The van der Waals surface area contributed by atoms with Gasteiger partial charge in [-0.15, -0.1) is 11.3 Å². The van der Waals surface area contributed by atoms with Gasteiger partial charge in [-0.05, 0) is 54.8 Å². The molecular formula is C17H22BrNS. The molecule has 1 atom stereocenters. The highest BCUT2D eigenvalue weighted by Gasteiger charge is 2.16. The van der Waals surface area contributed by atoms with Crippen molar-refractivity contribution in [1.29, 1.82) is 0 Å². The topological polar surface area (TPSA) is 12.0 Å². The van der Waals surface area contributed by atoms with Crippen molar-refractivity contribution >= 4 is 27.3 Å². The molecule has 1 aromatic carbocycles. The van der Waals surface area contributed by atoms with Crippen molar-refractivity contribution in [2.24, 2.45) is 5.92 Å². The van der Waals surface area contributed by atoms with Gasteiger partial charge in [0.05, 0.1) is 0 Å². The maximum Gasteiger partial charge on any atom is 0.0435 e. The van der Waals surface area contributed by atoms with Gasteiger partial charge < -0.3 is 5.32 Å². The van der Waals surface area contributed by atoms with Gasteiger partial charge in [0.2, 0.25) is 0 Å². The van der Waals surface area contributed by atoms with Crippen LogP contribution in [0.3, 0.4) is 0 Å². The second-order valence-electron chi connectivity index (χ2n) is 5.37. The SMILES string of the molecule is CCc1cc(Br)ccc1-c1ccc(C(NC)C(C)C)s1. The summed E-state index contributed by atoms with van der Waals surface area (Å²) in [7, 11) is 2.04. The first kappa shape index (κ1) is 15.7. The zero-order valence-corrected chi connectivity index (χ0v) is 14.9. The van der Waals surface area contributed by atoms with Gasteiger partial charge in [-0.1, -0.05) is 42.8 Å². The van der Waals surface area contributed by atoms with E-state index in [9.17, 15) is 0 Å².